The highest BCUT2D eigenvalue weighted by atomic mass is 19.3. The Bertz CT molecular complexity index is 1410. The number of aryl methyl sites for hydroxylation is 1. The molecule has 0 heterocycles. The lowest BCUT2D eigenvalue weighted by atomic mass is 10.0. The quantitative estimate of drug-likeness (QED) is 0.172. The van der Waals surface area contributed by atoms with E-state index in [1.807, 2.05) is 31.2 Å². The van der Waals surface area contributed by atoms with E-state index in [0.717, 1.165) is 53.4 Å². The monoisotopic (exact) mass is 514 g/mol. The Morgan fingerprint density at radius 1 is 0.757 bits per heavy atom. The molecule has 0 aliphatic carbocycles. The molecule has 190 valence electrons. The van der Waals surface area contributed by atoms with Crippen molar-refractivity contribution in [2.75, 3.05) is 0 Å². The molecule has 37 heavy (non-hydrogen) atoms. The van der Waals surface area contributed by atoms with Gasteiger partial charge in [0.05, 0.1) is 5.56 Å². The number of hydrogen-bond donors (Lipinski definition) is 0. The lowest BCUT2D eigenvalue weighted by Crippen LogP contribution is -2.21. The first kappa shape index (κ1) is 25.9. The van der Waals surface area contributed by atoms with Gasteiger partial charge in [-0.3, -0.25) is 0 Å². The minimum atomic E-state index is -3.75. The van der Waals surface area contributed by atoms with Gasteiger partial charge in [-0.15, -0.1) is 0 Å². The van der Waals surface area contributed by atoms with Crippen molar-refractivity contribution in [2.24, 2.45) is 0 Å². The predicted octanol–water partition coefficient (Wildman–Crippen LogP) is 9.11. The maximum Gasteiger partial charge on any atom is 0.426 e. The Labute approximate surface area is 209 Å². The van der Waals surface area contributed by atoms with Crippen LogP contribution >= 0.6 is 0 Å². The molecule has 0 radical (unpaired) electrons. The van der Waals surface area contributed by atoms with Crippen LogP contribution in [0.15, 0.2) is 97.3 Å². The van der Waals surface area contributed by atoms with Gasteiger partial charge >= 0.3 is 12.2 Å². The van der Waals surface area contributed by atoms with Crippen LogP contribution in [0.2, 0.25) is 0 Å². The van der Waals surface area contributed by atoms with Gasteiger partial charge in [-0.05, 0) is 65.1 Å². The van der Waals surface area contributed by atoms with Crippen molar-refractivity contribution in [2.45, 2.75) is 19.5 Å². The first-order valence-electron chi connectivity index (χ1n) is 11.2. The molecule has 4 aromatic carbocycles. The lowest BCUT2D eigenvalue weighted by Gasteiger charge is -2.19. The van der Waals surface area contributed by atoms with E-state index in [9.17, 15) is 26.3 Å². The van der Waals surface area contributed by atoms with Gasteiger partial charge in [-0.25, -0.2) is 8.78 Å². The summed E-state index contributed by atoms with van der Waals surface area (Å²) in [6.07, 6.45) is -4.94. The maximum absolute atomic E-state index is 14.8. The van der Waals surface area contributed by atoms with E-state index in [1.165, 1.54) is 18.2 Å². The van der Waals surface area contributed by atoms with E-state index in [2.05, 4.69) is 4.74 Å². The lowest BCUT2D eigenvalue weighted by molar-refractivity contribution is -0.185. The van der Waals surface area contributed by atoms with E-state index < -0.39 is 40.9 Å². The molecule has 0 aliphatic rings. The van der Waals surface area contributed by atoms with E-state index in [1.54, 1.807) is 12.1 Å². The topological polar surface area (TPSA) is 18.5 Å². The molecule has 0 unspecified atom stereocenters. The van der Waals surface area contributed by atoms with Crippen LogP contribution in [0.5, 0.6) is 11.5 Å². The molecular formula is C29H20F6O2. The average Bonchev–Trinajstić information content (AvgIpc) is 2.88. The SMILES string of the molecule is CCc1ccc(-c2ccc(C(F)(F)Oc3ccc(-c4ccc(OC=C(F)F)c(F)c4)c(F)c3)cc2)cc1. The van der Waals surface area contributed by atoms with E-state index in [-0.39, 0.29) is 17.4 Å². The highest BCUT2D eigenvalue weighted by Crippen LogP contribution is 2.35. The van der Waals surface area contributed by atoms with Gasteiger partial charge in [0.1, 0.15) is 11.6 Å². The number of benzene rings is 4. The third-order valence-electron chi connectivity index (χ3n) is 5.62. The Hall–Kier alpha value is -4.20. The summed E-state index contributed by atoms with van der Waals surface area (Å²) in [5, 5.41) is 0. The molecule has 0 fully saturated rings. The van der Waals surface area contributed by atoms with Crippen molar-refractivity contribution in [1.82, 2.24) is 0 Å². The van der Waals surface area contributed by atoms with Crippen molar-refractivity contribution in [3.63, 3.8) is 0 Å². The number of rotatable bonds is 8. The smallest absolute Gasteiger partial charge is 0.426 e. The van der Waals surface area contributed by atoms with Crippen LogP contribution in [0, 0.1) is 11.6 Å². The van der Waals surface area contributed by atoms with Gasteiger partial charge < -0.3 is 9.47 Å². The molecule has 0 aromatic heterocycles. The first-order chi connectivity index (χ1) is 17.7. The fraction of sp³-hybridized carbons (Fsp3) is 0.103. The molecule has 8 heteroatoms. The minimum absolute atomic E-state index is 0.0490. The largest absolute Gasteiger partial charge is 0.456 e. The zero-order valence-corrected chi connectivity index (χ0v) is 19.5. The number of halogens is 6. The van der Waals surface area contributed by atoms with Crippen molar-refractivity contribution in [1.29, 1.82) is 0 Å². The molecule has 0 bridgehead atoms. The molecule has 4 aromatic rings. The van der Waals surface area contributed by atoms with Crippen molar-refractivity contribution in [3.05, 3.63) is 120 Å². The number of ether oxygens (including phenoxy) is 2. The van der Waals surface area contributed by atoms with Gasteiger partial charge in [-0.1, -0.05) is 49.4 Å². The average molecular weight is 514 g/mol. The summed E-state index contributed by atoms with van der Waals surface area (Å²) < 4.78 is 91.9. The zero-order valence-electron chi connectivity index (χ0n) is 19.5. The Morgan fingerprint density at radius 2 is 1.38 bits per heavy atom. The van der Waals surface area contributed by atoms with Crippen LogP contribution in [0.25, 0.3) is 22.3 Å². The molecule has 4 rings (SSSR count). The van der Waals surface area contributed by atoms with Crippen LogP contribution in [-0.2, 0) is 12.5 Å². The van der Waals surface area contributed by atoms with Gasteiger partial charge in [0.25, 0.3) is 0 Å². The predicted molar refractivity (Wildman–Crippen MR) is 128 cm³/mol. The second-order valence-electron chi connectivity index (χ2n) is 8.06. The zero-order chi connectivity index (χ0) is 26.6. The van der Waals surface area contributed by atoms with Crippen LogP contribution in [-0.4, -0.2) is 0 Å². The molecule has 0 spiro atoms. The number of alkyl halides is 2. The van der Waals surface area contributed by atoms with Gasteiger partial charge in [0, 0.05) is 11.6 Å². The second-order valence-corrected chi connectivity index (χ2v) is 8.06. The van der Waals surface area contributed by atoms with Crippen LogP contribution in [0.3, 0.4) is 0 Å². The molecular weight excluding hydrogens is 494 g/mol. The molecule has 0 saturated heterocycles. The Balaban J connectivity index is 1.50. The van der Waals surface area contributed by atoms with Crippen LogP contribution in [0.4, 0.5) is 26.3 Å². The third-order valence-corrected chi connectivity index (χ3v) is 5.62. The Kier molecular flexibility index (Phi) is 7.57. The molecule has 0 atom stereocenters. The highest BCUT2D eigenvalue weighted by Gasteiger charge is 2.34. The maximum atomic E-state index is 14.8. The van der Waals surface area contributed by atoms with Crippen LogP contribution in [0.1, 0.15) is 18.1 Å². The van der Waals surface area contributed by atoms with Crippen molar-refractivity contribution < 1.29 is 35.8 Å². The minimum Gasteiger partial charge on any atom is -0.456 e. The number of hydrogen-bond acceptors (Lipinski definition) is 2. The molecule has 2 nitrogen and oxygen atoms in total. The Morgan fingerprint density at radius 3 is 1.95 bits per heavy atom. The highest BCUT2D eigenvalue weighted by molar-refractivity contribution is 5.66. The molecule has 0 N–H and O–H groups in total. The standard InChI is InChI=1S/C29H20F6O2/c1-2-18-3-5-19(6-4-18)20-7-10-22(11-8-20)29(34,35)37-23-12-13-24(25(30)16-23)21-9-14-27(26(31)15-21)36-17-28(32)33/h3-17H,2H2,1H3. The molecule has 0 amide bonds. The summed E-state index contributed by atoms with van der Waals surface area (Å²) in [6.45, 7) is 2.04. The summed E-state index contributed by atoms with van der Waals surface area (Å²) in [5.41, 5.74) is 2.33. The summed E-state index contributed by atoms with van der Waals surface area (Å²) >= 11 is 0. The fourth-order valence-corrected chi connectivity index (χ4v) is 3.66. The van der Waals surface area contributed by atoms with Crippen LogP contribution < -0.4 is 9.47 Å². The first-order valence-corrected chi connectivity index (χ1v) is 11.2. The summed E-state index contributed by atoms with van der Waals surface area (Å²) in [4.78, 5) is 0. The summed E-state index contributed by atoms with van der Waals surface area (Å²) in [6, 6.07) is 19.6. The van der Waals surface area contributed by atoms with E-state index in [0.29, 0.717) is 0 Å². The summed E-state index contributed by atoms with van der Waals surface area (Å²) in [7, 11) is 0. The second kappa shape index (κ2) is 10.8. The normalized spacial score (nSPS) is 11.2. The van der Waals surface area contributed by atoms with Gasteiger partial charge in [0.2, 0.25) is 0 Å². The van der Waals surface area contributed by atoms with E-state index >= 15 is 0 Å². The van der Waals surface area contributed by atoms with Gasteiger partial charge in [-0.2, -0.15) is 17.6 Å². The molecule has 0 saturated carbocycles. The third kappa shape index (κ3) is 6.14. The molecule has 0 aliphatic heterocycles. The summed E-state index contributed by atoms with van der Waals surface area (Å²) in [5.74, 6) is -2.87. The fourth-order valence-electron chi connectivity index (χ4n) is 3.66. The van der Waals surface area contributed by atoms with Gasteiger partial charge in [0.15, 0.2) is 17.8 Å². The van der Waals surface area contributed by atoms with Crippen molar-refractivity contribution in [3.8, 4) is 33.8 Å². The van der Waals surface area contributed by atoms with Crippen molar-refractivity contribution >= 4 is 0 Å². The van der Waals surface area contributed by atoms with E-state index in [4.69, 9.17) is 4.74 Å².